The fraction of sp³-hybridized carbons (Fsp3) is 0.538. The highest BCUT2D eigenvalue weighted by atomic mass is 35.5. The van der Waals surface area contributed by atoms with Crippen LogP contribution in [0, 0.1) is 0 Å². The van der Waals surface area contributed by atoms with E-state index < -0.39 is 34.9 Å². The molecule has 2 aliphatic rings. The summed E-state index contributed by atoms with van der Waals surface area (Å²) in [5.41, 5.74) is 0.770. The number of halogens is 1. The van der Waals surface area contributed by atoms with E-state index in [1.54, 1.807) is 32.0 Å². The van der Waals surface area contributed by atoms with Crippen molar-refractivity contribution in [2.45, 2.75) is 51.4 Å². The Balaban J connectivity index is 2.15. The maximum atomic E-state index is 13.3. The van der Waals surface area contributed by atoms with Crippen LogP contribution >= 0.6 is 11.6 Å². The second-order valence-electron chi connectivity index (χ2n) is 8.54. The Bertz CT molecular complexity index is 1100. The molecule has 1 atom stereocenters. The Hall–Kier alpha value is -3.15. The van der Waals surface area contributed by atoms with Crippen LogP contribution in [0.3, 0.4) is 0 Å². The second-order valence-corrected chi connectivity index (χ2v) is 8.88. The molecule has 1 aliphatic carbocycles. The van der Waals surface area contributed by atoms with Crippen molar-refractivity contribution in [1.82, 2.24) is 4.90 Å². The van der Waals surface area contributed by atoms with Crippen molar-refractivity contribution in [2.75, 3.05) is 40.6 Å². The summed E-state index contributed by atoms with van der Waals surface area (Å²) in [6, 6.07) is 3.65. The van der Waals surface area contributed by atoms with Gasteiger partial charge >= 0.3 is 23.1 Å². The lowest BCUT2D eigenvalue weighted by Gasteiger charge is -2.39. The molecule has 1 amide bonds. The van der Waals surface area contributed by atoms with E-state index in [2.05, 4.69) is 0 Å². The van der Waals surface area contributed by atoms with Gasteiger partial charge in [0, 0.05) is 25.0 Å². The molecule has 0 radical (unpaired) electrons. The minimum atomic E-state index is -1.33. The van der Waals surface area contributed by atoms with Crippen LogP contribution in [0.15, 0.2) is 29.5 Å². The maximum Gasteiger partial charge on any atom is 0.335 e. The minimum absolute atomic E-state index is 0.0205. The molecular weight excluding hydrogens is 522 g/mol. The van der Waals surface area contributed by atoms with E-state index in [1.807, 2.05) is 0 Å². The Kier molecular flexibility index (Phi) is 10.1. The molecule has 1 fully saturated rings. The molecule has 0 saturated carbocycles. The molecule has 0 aromatic heterocycles. The fourth-order valence-electron chi connectivity index (χ4n) is 4.63. The molecule has 11 nitrogen and oxygen atoms in total. The van der Waals surface area contributed by atoms with Crippen LogP contribution in [0.4, 0.5) is 0 Å². The van der Waals surface area contributed by atoms with Crippen molar-refractivity contribution >= 4 is 34.7 Å². The summed E-state index contributed by atoms with van der Waals surface area (Å²) in [4.78, 5) is 52.8. The monoisotopic (exact) mass is 553 g/mol. The van der Waals surface area contributed by atoms with E-state index in [9.17, 15) is 19.2 Å². The summed E-state index contributed by atoms with van der Waals surface area (Å²) in [5, 5.41) is -1.32. The molecule has 1 spiro atoms. The van der Waals surface area contributed by atoms with Crippen molar-refractivity contribution < 1.29 is 47.6 Å². The summed E-state index contributed by atoms with van der Waals surface area (Å²) in [5.74, 6) is -2.86. The Morgan fingerprint density at radius 2 is 1.68 bits per heavy atom. The molecule has 3 rings (SSSR count). The van der Waals surface area contributed by atoms with Crippen molar-refractivity contribution in [2.24, 2.45) is 0 Å². The first-order chi connectivity index (χ1) is 18.2. The number of nitrogens with zero attached hydrogens (tertiary/aromatic N) is 1. The fourth-order valence-corrected chi connectivity index (χ4v) is 4.72. The molecule has 0 bridgehead atoms. The number of benzene rings is 1. The highest BCUT2D eigenvalue weighted by Gasteiger charge is 2.47. The zero-order valence-corrected chi connectivity index (χ0v) is 22.6. The van der Waals surface area contributed by atoms with Gasteiger partial charge in [-0.25, -0.2) is 9.59 Å². The van der Waals surface area contributed by atoms with E-state index in [-0.39, 0.29) is 50.2 Å². The van der Waals surface area contributed by atoms with Gasteiger partial charge in [-0.1, -0.05) is 6.07 Å². The van der Waals surface area contributed by atoms with Crippen LogP contribution in [0.2, 0.25) is 0 Å². The Labute approximate surface area is 225 Å². The highest BCUT2D eigenvalue weighted by Crippen LogP contribution is 2.41. The van der Waals surface area contributed by atoms with Crippen LogP contribution in [-0.4, -0.2) is 80.5 Å². The maximum absolute atomic E-state index is 13.3. The van der Waals surface area contributed by atoms with Gasteiger partial charge in [-0.15, -0.1) is 0 Å². The number of hydrogen-bond acceptors (Lipinski definition) is 10. The van der Waals surface area contributed by atoms with Crippen LogP contribution in [0.25, 0.3) is 0 Å². The average molecular weight is 554 g/mol. The molecule has 1 aliphatic heterocycles. The lowest BCUT2D eigenvalue weighted by atomic mass is 9.88. The van der Waals surface area contributed by atoms with Gasteiger partial charge in [-0.05, 0) is 49.6 Å². The molecule has 0 unspecified atom stereocenters. The Morgan fingerprint density at radius 3 is 2.26 bits per heavy atom. The van der Waals surface area contributed by atoms with Gasteiger partial charge in [0.25, 0.3) is 0 Å². The molecule has 1 aromatic carbocycles. The topological polar surface area (TPSA) is 127 Å². The normalized spacial score (nSPS) is 17.1. The second kappa shape index (κ2) is 13.1. The number of esters is 2. The lowest BCUT2D eigenvalue weighted by Crippen LogP contribution is -2.50. The zero-order chi connectivity index (χ0) is 27.9. The van der Waals surface area contributed by atoms with E-state index in [0.29, 0.717) is 30.3 Å². The van der Waals surface area contributed by atoms with E-state index in [1.165, 1.54) is 14.2 Å². The predicted octanol–water partition coefficient (Wildman–Crippen LogP) is 2.52. The van der Waals surface area contributed by atoms with E-state index in [0.717, 1.165) is 4.90 Å². The molecule has 1 aromatic rings. The molecule has 208 valence electrons. The van der Waals surface area contributed by atoms with Crippen LogP contribution < -0.4 is 9.47 Å². The lowest BCUT2D eigenvalue weighted by molar-refractivity contribution is -0.171. The van der Waals surface area contributed by atoms with Gasteiger partial charge in [-0.2, -0.15) is 0 Å². The largest absolute Gasteiger partial charge is 0.493 e. The van der Waals surface area contributed by atoms with Crippen LogP contribution in [0.5, 0.6) is 11.5 Å². The predicted molar refractivity (Wildman–Crippen MR) is 134 cm³/mol. The van der Waals surface area contributed by atoms with Crippen molar-refractivity contribution in [3.8, 4) is 11.5 Å². The summed E-state index contributed by atoms with van der Waals surface area (Å²) < 4.78 is 32.8. The minimum Gasteiger partial charge on any atom is -0.493 e. The van der Waals surface area contributed by atoms with Gasteiger partial charge in [0.05, 0.1) is 46.2 Å². The smallest absolute Gasteiger partial charge is 0.335 e. The molecule has 0 N–H and O–H groups in total. The van der Waals surface area contributed by atoms with Gasteiger partial charge < -0.3 is 28.4 Å². The average Bonchev–Trinajstić information content (AvgIpc) is 3.36. The standard InChI is InChI=1S/C26H32ClNO10/c1-5-35-24(31)17-15-26(37-11-12-38-26)10-9-18(17)28(23(30)22(27)29)19(25(32)36-6-2)13-16-7-8-20(33-3)21(14-16)34-4/h7-8,14,19H,5-6,9-13,15H2,1-4H3/t19-/m0/s1. The number of amides is 1. The van der Waals surface area contributed by atoms with Crippen LogP contribution in [-0.2, 0) is 44.5 Å². The number of rotatable bonds is 11. The number of allylic oxidation sites excluding steroid dienone is 1. The van der Waals surface area contributed by atoms with Gasteiger partial charge in [-0.3, -0.25) is 14.5 Å². The van der Waals surface area contributed by atoms with E-state index >= 15 is 0 Å². The number of carbonyl (C=O) groups is 4. The Morgan fingerprint density at radius 1 is 1.03 bits per heavy atom. The third-order valence-corrected chi connectivity index (χ3v) is 6.46. The van der Waals surface area contributed by atoms with Crippen molar-refractivity contribution in [3.63, 3.8) is 0 Å². The van der Waals surface area contributed by atoms with Gasteiger partial charge in [0.15, 0.2) is 17.3 Å². The van der Waals surface area contributed by atoms with Crippen LogP contribution in [0.1, 0.15) is 38.7 Å². The molecule has 1 heterocycles. The number of carbonyl (C=O) groups excluding carboxylic acids is 4. The molecule has 12 heteroatoms. The van der Waals surface area contributed by atoms with Gasteiger partial charge in [0.1, 0.15) is 6.04 Å². The third kappa shape index (κ3) is 6.46. The SMILES string of the molecule is CCOC(=O)C1=C(N(C(=O)C(=O)Cl)[C@@H](Cc2ccc(OC)c(OC)c2)C(=O)OCC)CCC2(C1)OCCO2. The summed E-state index contributed by atoms with van der Waals surface area (Å²) >= 11 is 5.66. The summed E-state index contributed by atoms with van der Waals surface area (Å²) in [6.45, 7) is 4.04. The number of hydrogen-bond donors (Lipinski definition) is 0. The number of methoxy groups -OCH3 is 2. The molecule has 1 saturated heterocycles. The quantitative estimate of drug-likeness (QED) is 0.229. The van der Waals surface area contributed by atoms with Crippen molar-refractivity contribution in [1.29, 1.82) is 0 Å². The summed E-state index contributed by atoms with van der Waals surface area (Å²) in [6.07, 6.45) is 0.240. The zero-order valence-electron chi connectivity index (χ0n) is 21.9. The van der Waals surface area contributed by atoms with E-state index in [4.69, 9.17) is 40.0 Å². The first kappa shape index (κ1) is 29.4. The van der Waals surface area contributed by atoms with Crippen molar-refractivity contribution in [3.05, 3.63) is 35.0 Å². The molecule has 38 heavy (non-hydrogen) atoms. The van der Waals surface area contributed by atoms with Gasteiger partial charge in [0.2, 0.25) is 0 Å². The summed E-state index contributed by atoms with van der Waals surface area (Å²) in [7, 11) is 2.95. The molecular formula is C26H32ClNO10. The first-order valence-corrected chi connectivity index (χ1v) is 12.7. The highest BCUT2D eigenvalue weighted by molar-refractivity contribution is 6.81. The third-order valence-electron chi connectivity index (χ3n) is 6.30. The number of ether oxygens (including phenoxy) is 6. The first-order valence-electron chi connectivity index (χ1n) is 12.3.